The van der Waals surface area contributed by atoms with Gasteiger partial charge in [-0.1, -0.05) is 0 Å². The molecule has 2 aromatic rings. The van der Waals surface area contributed by atoms with E-state index in [-0.39, 0.29) is 22.2 Å². The quantitative estimate of drug-likeness (QED) is 0.541. The Balaban J connectivity index is 1.93. The average molecular weight is 344 g/mol. The zero-order valence-electron chi connectivity index (χ0n) is 19.2. The summed E-state index contributed by atoms with van der Waals surface area (Å²) in [5.74, 6) is -0.727. The van der Waals surface area contributed by atoms with Crippen molar-refractivity contribution in [1.29, 1.82) is 0 Å². The molecule has 1 saturated heterocycles. The molecule has 0 spiro atoms. The molecule has 24 heavy (non-hydrogen) atoms. The van der Waals surface area contributed by atoms with Crippen molar-refractivity contribution < 1.29 is 29.7 Å². The Hall–Kier alpha value is -2.01. The lowest BCUT2D eigenvalue weighted by molar-refractivity contribution is -0.0432. The first kappa shape index (κ1) is 9.47. The summed E-state index contributed by atoms with van der Waals surface area (Å²) in [6.45, 7) is -3.82. The fraction of sp³-hybridized carbons (Fsp3) is 0.643. The zero-order valence-corrected chi connectivity index (χ0v) is 12.2. The molecule has 0 amide bonds. The molecule has 4 rings (SSSR count). The molecular formula is C14H19N5O5. The van der Waals surface area contributed by atoms with Crippen LogP contribution in [0.25, 0.3) is 11.2 Å². The van der Waals surface area contributed by atoms with Crippen LogP contribution in [0, 0.1) is 0 Å². The number of nitrogens with zero attached hydrogens (tertiary/aromatic N) is 4. The predicted molar refractivity (Wildman–Crippen MR) is 82.4 cm³/mol. The third-order valence-corrected chi connectivity index (χ3v) is 3.98. The van der Waals surface area contributed by atoms with Gasteiger partial charge in [-0.25, -0.2) is 9.55 Å². The molecular weight excluding hydrogens is 318 g/mol. The van der Waals surface area contributed by atoms with Gasteiger partial charge in [0.05, 0.1) is 21.8 Å². The van der Waals surface area contributed by atoms with E-state index >= 15 is 0 Å². The van der Waals surface area contributed by atoms with Crippen LogP contribution in [-0.4, -0.2) is 59.3 Å². The molecule has 10 nitrogen and oxygen atoms in total. The van der Waals surface area contributed by atoms with Crippen molar-refractivity contribution in [2.24, 2.45) is 0 Å². The maximum absolute atomic E-state index is 13.0. The van der Waals surface area contributed by atoms with Gasteiger partial charge in [0, 0.05) is 25.7 Å². The van der Waals surface area contributed by atoms with Crippen molar-refractivity contribution in [2.75, 3.05) is 11.9 Å². The van der Waals surface area contributed by atoms with Crippen LogP contribution in [0.2, 0.25) is 0 Å². The van der Waals surface area contributed by atoms with Gasteiger partial charge in [0.1, 0.15) is 18.5 Å². The van der Waals surface area contributed by atoms with Crippen LogP contribution in [0.3, 0.4) is 0 Å². The van der Waals surface area contributed by atoms with Gasteiger partial charge in [0.25, 0.3) is 5.56 Å². The average Bonchev–Trinajstić information content (AvgIpc) is 3.22. The number of aromatic nitrogens is 4. The van der Waals surface area contributed by atoms with Crippen LogP contribution in [0.5, 0.6) is 0 Å². The highest BCUT2D eigenvalue weighted by Crippen LogP contribution is 2.31. The molecule has 10 heteroatoms. The van der Waals surface area contributed by atoms with Crippen LogP contribution < -0.4 is 10.9 Å². The van der Waals surface area contributed by atoms with Gasteiger partial charge in [0.15, 0.2) is 11.2 Å². The summed E-state index contributed by atoms with van der Waals surface area (Å²) in [6.07, 6.45) is -8.61. The smallest absolute Gasteiger partial charge is 0.285 e. The monoisotopic (exact) mass is 344 g/mol. The normalized spacial score (nSPS) is 45.8. The predicted octanol–water partition coefficient (Wildman–Crippen LogP) is -1.07. The summed E-state index contributed by atoms with van der Waals surface area (Å²) in [7, 11) is 0. The minimum Gasteiger partial charge on any atom is -0.394 e. The molecule has 5 atom stereocenters. The third kappa shape index (κ3) is 2.22. The number of ether oxygens (including phenoxy) is 1. The number of hydrogen-bond acceptors (Lipinski definition) is 8. The van der Waals surface area contributed by atoms with E-state index in [2.05, 4.69) is 15.3 Å². The summed E-state index contributed by atoms with van der Waals surface area (Å²) in [5.41, 5.74) is -1.72. The number of hydrogen-bond donors (Lipinski definition) is 4. The highest BCUT2D eigenvalue weighted by Gasteiger charge is 2.36. The Kier molecular flexibility index (Phi) is 2.18. The van der Waals surface area contributed by atoms with Crippen LogP contribution in [0.1, 0.15) is 41.7 Å². The van der Waals surface area contributed by atoms with E-state index in [9.17, 15) is 20.1 Å². The lowest BCUT2D eigenvalue weighted by Gasteiger charge is -2.28. The van der Waals surface area contributed by atoms with E-state index < -0.39 is 62.0 Å². The lowest BCUT2D eigenvalue weighted by atomic mass is 10.2. The lowest BCUT2D eigenvalue weighted by Crippen LogP contribution is -2.38. The topological polar surface area (TPSA) is 135 Å². The summed E-state index contributed by atoms with van der Waals surface area (Å²) in [6, 6.07) is -3.23. The molecule has 4 heterocycles. The molecule has 2 aliphatic rings. The Morgan fingerprint density at radius 3 is 3.17 bits per heavy atom. The molecule has 0 aromatic carbocycles. The number of aliphatic hydroxyl groups excluding tert-OH is 2. The molecule has 0 aliphatic carbocycles. The summed E-state index contributed by atoms with van der Waals surface area (Å²) < 4.78 is 62.0. The number of fused-ring (bicyclic) bond motifs is 2. The Labute approximate surface area is 146 Å². The summed E-state index contributed by atoms with van der Waals surface area (Å²) in [5, 5.41) is 31.9. The molecule has 2 unspecified atom stereocenters. The van der Waals surface area contributed by atoms with Gasteiger partial charge in [-0.15, -0.1) is 0 Å². The fourth-order valence-corrected chi connectivity index (χ4v) is 2.82. The van der Waals surface area contributed by atoms with E-state index in [4.69, 9.17) is 14.3 Å². The van der Waals surface area contributed by atoms with Gasteiger partial charge in [-0.05, 0) is 6.85 Å². The number of imidazole rings is 1. The van der Waals surface area contributed by atoms with Crippen molar-refractivity contribution in [3.63, 3.8) is 0 Å². The second-order valence-corrected chi connectivity index (χ2v) is 5.46. The molecule has 0 radical (unpaired) electrons. The molecule has 130 valence electrons. The summed E-state index contributed by atoms with van der Waals surface area (Å²) >= 11 is 0. The van der Waals surface area contributed by atoms with Gasteiger partial charge in [-0.2, -0.15) is 4.98 Å². The standard InChI is InChI=1S/C14H19N5O5/c1-6-2-9(22)19-13(23)11-12(17-14(19)16-6)18(5-15-11)10-3-7(21)8(4-20)24-10/h5-10,20-22H,2-4H2,1H3,(H,16,17)/t6?,7-,8+,9?,10+/m0/s1/i1D3,2D2,6D,9D. The van der Waals surface area contributed by atoms with E-state index in [0.717, 1.165) is 6.33 Å². The Bertz CT molecular complexity index is 1100. The Morgan fingerprint density at radius 1 is 1.62 bits per heavy atom. The van der Waals surface area contributed by atoms with Crippen molar-refractivity contribution in [1.82, 2.24) is 19.1 Å². The third-order valence-electron chi connectivity index (χ3n) is 3.98. The molecule has 0 saturated carbocycles. The van der Waals surface area contributed by atoms with Crippen LogP contribution in [0.15, 0.2) is 11.1 Å². The van der Waals surface area contributed by atoms with E-state index in [1.807, 2.05) is 0 Å². The minimum absolute atomic E-state index is 0.0206. The second-order valence-electron chi connectivity index (χ2n) is 5.46. The fourth-order valence-electron chi connectivity index (χ4n) is 2.82. The van der Waals surface area contributed by atoms with Crippen LogP contribution >= 0.6 is 0 Å². The highest BCUT2D eigenvalue weighted by molar-refractivity contribution is 5.71. The Morgan fingerprint density at radius 2 is 2.46 bits per heavy atom. The molecule has 4 N–H and O–H groups in total. The van der Waals surface area contributed by atoms with E-state index in [1.54, 1.807) is 0 Å². The van der Waals surface area contributed by atoms with Crippen LogP contribution in [0.4, 0.5) is 5.95 Å². The number of aliphatic hydroxyl groups is 3. The second kappa shape index (κ2) is 5.52. The van der Waals surface area contributed by atoms with Gasteiger partial charge in [-0.3, -0.25) is 9.36 Å². The van der Waals surface area contributed by atoms with Gasteiger partial charge >= 0.3 is 0 Å². The van der Waals surface area contributed by atoms with Crippen molar-refractivity contribution in [3.05, 3.63) is 16.7 Å². The number of nitrogens with one attached hydrogen (secondary N) is 1. The van der Waals surface area contributed by atoms with E-state index in [1.165, 1.54) is 4.57 Å². The largest absolute Gasteiger partial charge is 0.394 e. The number of anilines is 1. The molecule has 2 aromatic heterocycles. The molecule has 0 bridgehead atoms. The maximum Gasteiger partial charge on any atom is 0.285 e. The van der Waals surface area contributed by atoms with Crippen LogP contribution in [-0.2, 0) is 4.74 Å². The van der Waals surface area contributed by atoms with E-state index in [0.29, 0.717) is 0 Å². The highest BCUT2D eigenvalue weighted by atomic mass is 16.5. The van der Waals surface area contributed by atoms with Crippen molar-refractivity contribution in [3.8, 4) is 0 Å². The summed E-state index contributed by atoms with van der Waals surface area (Å²) in [4.78, 5) is 20.9. The number of rotatable bonds is 2. The van der Waals surface area contributed by atoms with Crippen molar-refractivity contribution >= 4 is 17.1 Å². The first-order valence-electron chi connectivity index (χ1n) is 10.6. The molecule has 2 aliphatic heterocycles. The SMILES string of the molecule is [2H]C([2H])([2H])C1([2H])Nc2nc3c(ncn3[C@H]3C[C@H](O)[C@@H](CO)O3)c(=O)n2C([2H])(O)C1([2H])[2H]. The zero-order chi connectivity index (χ0) is 23.1. The first-order valence-corrected chi connectivity index (χ1v) is 7.12. The maximum atomic E-state index is 13.0. The van der Waals surface area contributed by atoms with Gasteiger partial charge in [0.2, 0.25) is 5.95 Å². The molecule has 1 fully saturated rings. The first-order chi connectivity index (χ1) is 14.2. The van der Waals surface area contributed by atoms with Gasteiger partial charge < -0.3 is 25.4 Å². The minimum atomic E-state index is -3.51. The van der Waals surface area contributed by atoms with Crippen molar-refractivity contribution in [2.45, 2.75) is 50.3 Å².